The van der Waals surface area contributed by atoms with E-state index in [4.69, 9.17) is 0 Å². The van der Waals surface area contributed by atoms with Crippen molar-refractivity contribution < 1.29 is 9.59 Å². The second kappa shape index (κ2) is 7.23. The third kappa shape index (κ3) is 4.48. The molecule has 2 aliphatic rings. The van der Waals surface area contributed by atoms with Gasteiger partial charge in [-0.1, -0.05) is 27.7 Å². The van der Waals surface area contributed by atoms with E-state index in [-0.39, 0.29) is 17.2 Å². The highest BCUT2D eigenvalue weighted by Crippen LogP contribution is 2.29. The number of hydrogen-bond donors (Lipinski definition) is 0. The summed E-state index contributed by atoms with van der Waals surface area (Å²) in [6, 6.07) is 0.424. The lowest BCUT2D eigenvalue weighted by molar-refractivity contribution is -0.145. The highest BCUT2D eigenvalue weighted by Gasteiger charge is 2.35. The first-order valence-electron chi connectivity index (χ1n) is 9.26. The maximum absolute atomic E-state index is 12.8. The summed E-state index contributed by atoms with van der Waals surface area (Å²) >= 11 is 0. The molecule has 2 amide bonds. The molecule has 1 heterocycles. The topological polar surface area (TPSA) is 40.6 Å². The average Bonchev–Trinajstić information content (AvgIpc) is 2.53. The summed E-state index contributed by atoms with van der Waals surface area (Å²) < 4.78 is 0. The lowest BCUT2D eigenvalue weighted by Crippen LogP contribution is -2.48. The highest BCUT2D eigenvalue weighted by atomic mass is 16.2. The van der Waals surface area contributed by atoms with E-state index >= 15 is 0 Å². The Kier molecular flexibility index (Phi) is 5.74. The Morgan fingerprint density at radius 1 is 0.957 bits per heavy atom. The number of rotatable bonds is 2. The van der Waals surface area contributed by atoms with E-state index in [0.717, 1.165) is 44.7 Å². The van der Waals surface area contributed by atoms with Gasteiger partial charge in [0.2, 0.25) is 11.8 Å². The molecule has 0 bridgehead atoms. The van der Waals surface area contributed by atoms with Crippen molar-refractivity contribution in [3.63, 3.8) is 0 Å². The van der Waals surface area contributed by atoms with E-state index in [1.807, 2.05) is 37.6 Å². The minimum atomic E-state index is -0.327. The van der Waals surface area contributed by atoms with Crippen molar-refractivity contribution >= 4 is 11.8 Å². The fourth-order valence-corrected chi connectivity index (χ4v) is 3.90. The van der Waals surface area contributed by atoms with Crippen LogP contribution in [0.1, 0.15) is 66.2 Å². The van der Waals surface area contributed by atoms with Gasteiger partial charge in [-0.05, 0) is 44.4 Å². The van der Waals surface area contributed by atoms with E-state index in [1.54, 1.807) is 0 Å². The van der Waals surface area contributed by atoms with Crippen LogP contribution in [0.4, 0.5) is 0 Å². The maximum Gasteiger partial charge on any atom is 0.227 e. The molecular formula is C19H34N2O2. The summed E-state index contributed by atoms with van der Waals surface area (Å²) in [5, 5.41) is 0. The standard InChI is InChI=1S/C19H34N2O2/c1-14-6-8-16(9-7-14)20(5)17(22)15-10-12-21(13-11-15)18(23)19(2,3)4/h14-16H,6-13H2,1-5H3. The quantitative estimate of drug-likeness (QED) is 0.782. The number of carbonyl (C=O) groups excluding carboxylic acids is 2. The maximum atomic E-state index is 12.8. The van der Waals surface area contributed by atoms with Crippen LogP contribution in [0, 0.1) is 17.3 Å². The first-order valence-corrected chi connectivity index (χ1v) is 9.26. The molecule has 1 saturated carbocycles. The third-order valence-electron chi connectivity index (χ3n) is 5.65. The van der Waals surface area contributed by atoms with Crippen molar-refractivity contribution in [2.75, 3.05) is 20.1 Å². The second-order valence-electron chi connectivity index (χ2n) is 8.68. The van der Waals surface area contributed by atoms with Crippen LogP contribution in [-0.2, 0) is 9.59 Å². The van der Waals surface area contributed by atoms with E-state index in [1.165, 1.54) is 12.8 Å². The zero-order valence-corrected chi connectivity index (χ0v) is 15.6. The molecule has 1 aliphatic heterocycles. The van der Waals surface area contributed by atoms with Gasteiger partial charge in [0.15, 0.2) is 0 Å². The minimum absolute atomic E-state index is 0.100. The Morgan fingerprint density at radius 3 is 1.96 bits per heavy atom. The van der Waals surface area contributed by atoms with E-state index in [9.17, 15) is 9.59 Å². The Labute approximate surface area is 141 Å². The van der Waals surface area contributed by atoms with Gasteiger partial charge in [-0.2, -0.15) is 0 Å². The van der Waals surface area contributed by atoms with Gasteiger partial charge in [0.1, 0.15) is 0 Å². The second-order valence-corrected chi connectivity index (χ2v) is 8.68. The number of likely N-dealkylation sites (tertiary alicyclic amines) is 1. The molecule has 0 radical (unpaired) electrons. The first kappa shape index (κ1) is 18.3. The lowest BCUT2D eigenvalue weighted by atomic mass is 9.85. The molecule has 2 fully saturated rings. The van der Waals surface area contributed by atoms with Gasteiger partial charge in [0, 0.05) is 37.5 Å². The Hall–Kier alpha value is -1.06. The molecule has 1 aliphatic carbocycles. The Bertz CT molecular complexity index is 425. The molecule has 23 heavy (non-hydrogen) atoms. The molecule has 2 rings (SSSR count). The van der Waals surface area contributed by atoms with Gasteiger partial charge in [0.25, 0.3) is 0 Å². The molecule has 0 spiro atoms. The van der Waals surface area contributed by atoms with Crippen LogP contribution >= 0.6 is 0 Å². The predicted octanol–water partition coefficient (Wildman–Crippen LogP) is 3.31. The van der Waals surface area contributed by atoms with Crippen LogP contribution < -0.4 is 0 Å². The van der Waals surface area contributed by atoms with E-state index < -0.39 is 0 Å². The van der Waals surface area contributed by atoms with Crippen LogP contribution in [-0.4, -0.2) is 47.8 Å². The fourth-order valence-electron chi connectivity index (χ4n) is 3.90. The van der Waals surface area contributed by atoms with Gasteiger partial charge < -0.3 is 9.80 Å². The molecule has 0 aromatic rings. The Balaban J connectivity index is 1.85. The SMILES string of the molecule is CC1CCC(N(C)C(=O)C2CCN(C(=O)C(C)(C)C)CC2)CC1. The third-order valence-corrected chi connectivity index (χ3v) is 5.65. The van der Waals surface area contributed by atoms with Gasteiger partial charge in [0.05, 0.1) is 0 Å². The van der Waals surface area contributed by atoms with E-state index in [2.05, 4.69) is 6.92 Å². The van der Waals surface area contributed by atoms with Gasteiger partial charge in [-0.25, -0.2) is 0 Å². The van der Waals surface area contributed by atoms with Crippen LogP contribution in [0.5, 0.6) is 0 Å². The summed E-state index contributed by atoms with van der Waals surface area (Å²) in [4.78, 5) is 29.1. The van der Waals surface area contributed by atoms with Crippen LogP contribution in [0.15, 0.2) is 0 Å². The molecule has 0 aromatic carbocycles. The summed E-state index contributed by atoms with van der Waals surface area (Å²) in [6.07, 6.45) is 6.39. The molecule has 4 nitrogen and oxygen atoms in total. The highest BCUT2D eigenvalue weighted by molar-refractivity contribution is 5.82. The van der Waals surface area contributed by atoms with Gasteiger partial charge >= 0.3 is 0 Å². The van der Waals surface area contributed by atoms with Crippen molar-refractivity contribution in [3.8, 4) is 0 Å². The molecule has 0 aromatic heterocycles. The number of carbonyl (C=O) groups is 2. The summed E-state index contributed by atoms with van der Waals surface area (Å²) in [5.74, 6) is 1.41. The van der Waals surface area contributed by atoms with Crippen LogP contribution in [0.2, 0.25) is 0 Å². The van der Waals surface area contributed by atoms with Crippen LogP contribution in [0.3, 0.4) is 0 Å². The number of hydrogen-bond acceptors (Lipinski definition) is 2. The predicted molar refractivity (Wildman–Crippen MR) is 92.9 cm³/mol. The van der Waals surface area contributed by atoms with Crippen molar-refractivity contribution in [3.05, 3.63) is 0 Å². The normalized spacial score (nSPS) is 26.9. The fraction of sp³-hybridized carbons (Fsp3) is 0.895. The van der Waals surface area contributed by atoms with Gasteiger partial charge in [-0.15, -0.1) is 0 Å². The number of piperidine rings is 1. The molecular weight excluding hydrogens is 288 g/mol. The zero-order valence-electron chi connectivity index (χ0n) is 15.6. The van der Waals surface area contributed by atoms with Crippen molar-refractivity contribution in [1.82, 2.24) is 9.80 Å². The summed E-state index contributed by atoms with van der Waals surface area (Å²) in [6.45, 7) is 9.64. The Morgan fingerprint density at radius 2 is 1.48 bits per heavy atom. The minimum Gasteiger partial charge on any atom is -0.343 e. The van der Waals surface area contributed by atoms with Crippen LogP contribution in [0.25, 0.3) is 0 Å². The van der Waals surface area contributed by atoms with Gasteiger partial charge in [-0.3, -0.25) is 9.59 Å². The first-order chi connectivity index (χ1) is 10.7. The van der Waals surface area contributed by atoms with Crippen molar-refractivity contribution in [2.24, 2.45) is 17.3 Å². The smallest absolute Gasteiger partial charge is 0.227 e. The average molecular weight is 322 g/mol. The molecule has 0 atom stereocenters. The number of amides is 2. The van der Waals surface area contributed by atoms with Crippen molar-refractivity contribution in [2.45, 2.75) is 72.3 Å². The largest absolute Gasteiger partial charge is 0.343 e. The summed E-state index contributed by atoms with van der Waals surface area (Å²) in [5.41, 5.74) is -0.327. The molecule has 0 N–H and O–H groups in total. The lowest BCUT2D eigenvalue weighted by Gasteiger charge is -2.39. The number of nitrogens with zero attached hydrogens (tertiary/aromatic N) is 2. The molecule has 4 heteroatoms. The molecule has 0 unspecified atom stereocenters. The zero-order chi connectivity index (χ0) is 17.2. The monoisotopic (exact) mass is 322 g/mol. The summed E-state index contributed by atoms with van der Waals surface area (Å²) in [7, 11) is 1.98. The van der Waals surface area contributed by atoms with E-state index in [0.29, 0.717) is 11.9 Å². The molecule has 132 valence electrons. The van der Waals surface area contributed by atoms with Crippen molar-refractivity contribution in [1.29, 1.82) is 0 Å². The molecule has 1 saturated heterocycles.